The third-order valence-electron chi connectivity index (χ3n) is 2.56. The SMILES string of the molecule is CCCOc1ccc(C(=O)NCCN)cc1OCCC.Cl. The highest BCUT2D eigenvalue weighted by Gasteiger charge is 2.11. The van der Waals surface area contributed by atoms with Crippen molar-refractivity contribution in [3.63, 3.8) is 0 Å². The van der Waals surface area contributed by atoms with E-state index in [0.717, 1.165) is 12.8 Å². The van der Waals surface area contributed by atoms with Gasteiger partial charge in [0.1, 0.15) is 0 Å². The molecular weight excluding hydrogens is 292 g/mol. The van der Waals surface area contributed by atoms with Gasteiger partial charge in [-0.25, -0.2) is 0 Å². The van der Waals surface area contributed by atoms with Crippen LogP contribution in [0.2, 0.25) is 0 Å². The Balaban J connectivity index is 0.00000400. The van der Waals surface area contributed by atoms with E-state index >= 15 is 0 Å². The van der Waals surface area contributed by atoms with Gasteiger partial charge >= 0.3 is 0 Å². The van der Waals surface area contributed by atoms with Gasteiger partial charge in [0.2, 0.25) is 0 Å². The molecule has 0 aliphatic rings. The van der Waals surface area contributed by atoms with Gasteiger partial charge in [-0.15, -0.1) is 12.4 Å². The predicted molar refractivity (Wildman–Crippen MR) is 86.6 cm³/mol. The van der Waals surface area contributed by atoms with Crippen LogP contribution in [0, 0.1) is 0 Å². The van der Waals surface area contributed by atoms with E-state index in [4.69, 9.17) is 15.2 Å². The predicted octanol–water partition coefficient (Wildman–Crippen LogP) is 2.37. The van der Waals surface area contributed by atoms with E-state index in [1.54, 1.807) is 18.2 Å². The van der Waals surface area contributed by atoms with Gasteiger partial charge in [0.25, 0.3) is 5.91 Å². The molecule has 0 radical (unpaired) electrons. The topological polar surface area (TPSA) is 73.6 Å². The second kappa shape index (κ2) is 11.2. The Labute approximate surface area is 132 Å². The Morgan fingerprint density at radius 1 is 1.14 bits per heavy atom. The summed E-state index contributed by atoms with van der Waals surface area (Å²) in [6.07, 6.45) is 1.82. The summed E-state index contributed by atoms with van der Waals surface area (Å²) in [5.74, 6) is 1.13. The Morgan fingerprint density at radius 3 is 2.33 bits per heavy atom. The highest BCUT2D eigenvalue weighted by Crippen LogP contribution is 2.28. The fourth-order valence-electron chi connectivity index (χ4n) is 1.59. The molecule has 0 atom stereocenters. The minimum atomic E-state index is -0.154. The van der Waals surface area contributed by atoms with Crippen LogP contribution in [-0.2, 0) is 0 Å². The molecule has 0 saturated heterocycles. The van der Waals surface area contributed by atoms with E-state index in [9.17, 15) is 4.79 Å². The average Bonchev–Trinajstić information content (AvgIpc) is 2.48. The lowest BCUT2D eigenvalue weighted by atomic mass is 10.2. The highest BCUT2D eigenvalue weighted by atomic mass is 35.5. The molecule has 6 heteroatoms. The van der Waals surface area contributed by atoms with E-state index in [1.807, 2.05) is 13.8 Å². The largest absolute Gasteiger partial charge is 0.490 e. The number of halogens is 1. The Bertz CT molecular complexity index is 427. The summed E-state index contributed by atoms with van der Waals surface area (Å²) in [6, 6.07) is 5.22. The van der Waals surface area contributed by atoms with E-state index < -0.39 is 0 Å². The molecule has 1 rings (SSSR count). The first-order valence-corrected chi connectivity index (χ1v) is 7.10. The van der Waals surface area contributed by atoms with Gasteiger partial charge in [-0.3, -0.25) is 4.79 Å². The first-order valence-electron chi connectivity index (χ1n) is 7.10. The van der Waals surface area contributed by atoms with Crippen molar-refractivity contribution in [2.24, 2.45) is 5.73 Å². The number of rotatable bonds is 9. The second-order valence-electron chi connectivity index (χ2n) is 4.40. The van der Waals surface area contributed by atoms with Gasteiger partial charge < -0.3 is 20.5 Å². The third kappa shape index (κ3) is 6.69. The van der Waals surface area contributed by atoms with Crippen LogP contribution >= 0.6 is 12.4 Å². The molecule has 0 aromatic heterocycles. The summed E-state index contributed by atoms with van der Waals surface area (Å²) in [7, 11) is 0. The van der Waals surface area contributed by atoms with Crippen LogP contribution in [0.15, 0.2) is 18.2 Å². The lowest BCUT2D eigenvalue weighted by Crippen LogP contribution is -2.28. The summed E-state index contributed by atoms with van der Waals surface area (Å²) in [5, 5.41) is 2.73. The molecule has 0 fully saturated rings. The minimum Gasteiger partial charge on any atom is -0.490 e. The zero-order valence-corrected chi connectivity index (χ0v) is 13.5. The number of amides is 1. The molecular formula is C15H25ClN2O3. The third-order valence-corrected chi connectivity index (χ3v) is 2.56. The van der Waals surface area contributed by atoms with Gasteiger partial charge in [-0.2, -0.15) is 0 Å². The number of ether oxygens (including phenoxy) is 2. The lowest BCUT2D eigenvalue weighted by Gasteiger charge is -2.13. The summed E-state index contributed by atoms with van der Waals surface area (Å²) in [4.78, 5) is 11.9. The molecule has 1 aromatic carbocycles. The van der Waals surface area contributed by atoms with E-state index in [2.05, 4.69) is 5.32 Å². The number of hydrogen-bond donors (Lipinski definition) is 2. The maximum atomic E-state index is 11.9. The summed E-state index contributed by atoms with van der Waals surface area (Å²) < 4.78 is 11.3. The first kappa shape index (κ1) is 19.5. The minimum absolute atomic E-state index is 0. The number of nitrogens with two attached hydrogens (primary N) is 1. The van der Waals surface area contributed by atoms with Crippen molar-refractivity contribution in [2.75, 3.05) is 26.3 Å². The van der Waals surface area contributed by atoms with Crippen LogP contribution < -0.4 is 20.5 Å². The molecule has 0 unspecified atom stereocenters. The molecule has 1 amide bonds. The normalized spacial score (nSPS) is 9.67. The number of carbonyl (C=O) groups is 1. The molecule has 3 N–H and O–H groups in total. The Morgan fingerprint density at radius 2 is 1.76 bits per heavy atom. The van der Waals surface area contributed by atoms with Crippen LogP contribution in [-0.4, -0.2) is 32.2 Å². The van der Waals surface area contributed by atoms with Gasteiger partial charge in [0, 0.05) is 18.7 Å². The van der Waals surface area contributed by atoms with Crippen LogP contribution in [0.25, 0.3) is 0 Å². The molecule has 0 aliphatic carbocycles. The van der Waals surface area contributed by atoms with E-state index in [0.29, 0.717) is 43.4 Å². The van der Waals surface area contributed by atoms with Crippen molar-refractivity contribution in [3.05, 3.63) is 23.8 Å². The maximum absolute atomic E-state index is 11.9. The summed E-state index contributed by atoms with van der Waals surface area (Å²) in [5.41, 5.74) is 5.92. The Hall–Kier alpha value is -1.46. The van der Waals surface area contributed by atoms with Crippen molar-refractivity contribution < 1.29 is 14.3 Å². The van der Waals surface area contributed by atoms with Crippen LogP contribution in [0.1, 0.15) is 37.0 Å². The molecule has 0 saturated carbocycles. The number of benzene rings is 1. The van der Waals surface area contributed by atoms with Crippen LogP contribution in [0.5, 0.6) is 11.5 Å². The lowest BCUT2D eigenvalue weighted by molar-refractivity contribution is 0.0954. The molecule has 0 spiro atoms. The van der Waals surface area contributed by atoms with Gasteiger partial charge in [-0.1, -0.05) is 13.8 Å². The zero-order chi connectivity index (χ0) is 14.8. The van der Waals surface area contributed by atoms with Crippen molar-refractivity contribution >= 4 is 18.3 Å². The first-order chi connectivity index (χ1) is 9.72. The van der Waals surface area contributed by atoms with Crippen LogP contribution in [0.4, 0.5) is 0 Å². The fraction of sp³-hybridized carbons (Fsp3) is 0.533. The molecule has 1 aromatic rings. The number of carbonyl (C=O) groups excluding carboxylic acids is 1. The maximum Gasteiger partial charge on any atom is 0.251 e. The molecule has 120 valence electrons. The molecule has 0 aliphatic heterocycles. The summed E-state index contributed by atoms with van der Waals surface area (Å²) in [6.45, 7) is 6.17. The number of hydrogen-bond acceptors (Lipinski definition) is 4. The van der Waals surface area contributed by atoms with Crippen molar-refractivity contribution in [1.82, 2.24) is 5.32 Å². The van der Waals surface area contributed by atoms with Gasteiger partial charge in [-0.05, 0) is 31.0 Å². The standard InChI is InChI=1S/C15H24N2O3.ClH/c1-3-9-19-13-6-5-12(15(18)17-8-7-16)11-14(13)20-10-4-2;/h5-6,11H,3-4,7-10,16H2,1-2H3,(H,17,18);1H. The second-order valence-corrected chi connectivity index (χ2v) is 4.40. The van der Waals surface area contributed by atoms with Gasteiger partial charge in [0.05, 0.1) is 13.2 Å². The van der Waals surface area contributed by atoms with E-state index in [1.165, 1.54) is 0 Å². The molecule has 0 bridgehead atoms. The average molecular weight is 317 g/mol. The van der Waals surface area contributed by atoms with Crippen molar-refractivity contribution in [3.8, 4) is 11.5 Å². The van der Waals surface area contributed by atoms with Crippen LogP contribution in [0.3, 0.4) is 0 Å². The van der Waals surface area contributed by atoms with Gasteiger partial charge in [0.15, 0.2) is 11.5 Å². The van der Waals surface area contributed by atoms with Crippen molar-refractivity contribution in [1.29, 1.82) is 0 Å². The Kier molecular flexibility index (Phi) is 10.4. The fourth-order valence-corrected chi connectivity index (χ4v) is 1.59. The van der Waals surface area contributed by atoms with Crippen molar-refractivity contribution in [2.45, 2.75) is 26.7 Å². The molecule has 5 nitrogen and oxygen atoms in total. The smallest absolute Gasteiger partial charge is 0.251 e. The van der Waals surface area contributed by atoms with E-state index in [-0.39, 0.29) is 18.3 Å². The highest BCUT2D eigenvalue weighted by molar-refractivity contribution is 5.94. The number of nitrogens with one attached hydrogen (secondary N) is 1. The summed E-state index contributed by atoms with van der Waals surface area (Å²) >= 11 is 0. The molecule has 21 heavy (non-hydrogen) atoms. The zero-order valence-electron chi connectivity index (χ0n) is 12.7. The quantitative estimate of drug-likeness (QED) is 0.733. The molecule has 0 heterocycles. The monoisotopic (exact) mass is 316 g/mol.